The van der Waals surface area contributed by atoms with Gasteiger partial charge in [-0.15, -0.1) is 0 Å². The lowest BCUT2D eigenvalue weighted by atomic mass is 10.2. The number of rotatable bonds is 3. The first kappa shape index (κ1) is 10.5. The van der Waals surface area contributed by atoms with E-state index in [1.807, 2.05) is 23.6 Å². The summed E-state index contributed by atoms with van der Waals surface area (Å²) in [5.41, 5.74) is 2.01. The zero-order valence-electron chi connectivity index (χ0n) is 8.01. The molecule has 0 spiro atoms. The van der Waals surface area contributed by atoms with Crippen molar-refractivity contribution in [2.24, 2.45) is 0 Å². The molecule has 0 aliphatic carbocycles. The van der Waals surface area contributed by atoms with Gasteiger partial charge in [-0.25, -0.2) is 0 Å². The van der Waals surface area contributed by atoms with Crippen LogP contribution in [0.3, 0.4) is 0 Å². The average molecular weight is 244 g/mol. The Kier molecular flexibility index (Phi) is 3.72. The minimum absolute atomic E-state index is 0.138. The second kappa shape index (κ2) is 4.61. The van der Waals surface area contributed by atoms with E-state index < -0.39 is 0 Å². The van der Waals surface area contributed by atoms with Crippen molar-refractivity contribution in [2.75, 3.05) is 0 Å². The summed E-state index contributed by atoms with van der Waals surface area (Å²) in [7, 11) is 0. The Labute approximate surface area is 86.7 Å². The Morgan fingerprint density at radius 2 is 2.15 bits per heavy atom. The summed E-state index contributed by atoms with van der Waals surface area (Å²) in [5, 5.41) is 0.635. The number of alkyl halides is 1. The van der Waals surface area contributed by atoms with E-state index >= 15 is 0 Å². The van der Waals surface area contributed by atoms with Gasteiger partial charge in [-0.2, -0.15) is 0 Å². The molecule has 0 aliphatic rings. The Morgan fingerprint density at radius 3 is 2.69 bits per heavy atom. The maximum absolute atomic E-state index is 11.7. The van der Waals surface area contributed by atoms with Gasteiger partial charge in [0.2, 0.25) is 0 Å². The Hall–Kier alpha value is -0.570. The van der Waals surface area contributed by atoms with Crippen LogP contribution < -0.4 is 5.56 Å². The third-order valence-electron chi connectivity index (χ3n) is 2.06. The van der Waals surface area contributed by atoms with E-state index in [4.69, 9.17) is 0 Å². The highest BCUT2D eigenvalue weighted by molar-refractivity contribution is 9.08. The number of pyridine rings is 1. The van der Waals surface area contributed by atoms with E-state index in [-0.39, 0.29) is 5.56 Å². The van der Waals surface area contributed by atoms with Gasteiger partial charge < -0.3 is 4.57 Å². The predicted molar refractivity (Wildman–Crippen MR) is 58.4 cm³/mol. The van der Waals surface area contributed by atoms with Gasteiger partial charge in [-0.05, 0) is 19.4 Å². The quantitative estimate of drug-likeness (QED) is 0.748. The lowest BCUT2D eigenvalue weighted by Gasteiger charge is -2.09. The molecule has 1 aromatic rings. The first-order valence-corrected chi connectivity index (χ1v) is 5.58. The smallest absolute Gasteiger partial charge is 0.254 e. The second-order valence-corrected chi connectivity index (χ2v) is 3.65. The van der Waals surface area contributed by atoms with Crippen LogP contribution in [0, 0.1) is 6.92 Å². The minimum Gasteiger partial charge on any atom is -0.313 e. The van der Waals surface area contributed by atoms with Crippen molar-refractivity contribution in [3.8, 4) is 0 Å². The molecule has 72 valence electrons. The number of aromatic nitrogens is 1. The molecule has 3 heteroatoms. The van der Waals surface area contributed by atoms with Crippen LogP contribution in [0.4, 0.5) is 0 Å². The monoisotopic (exact) mass is 243 g/mol. The number of hydrogen-bond donors (Lipinski definition) is 0. The minimum atomic E-state index is 0.138. The molecule has 0 unspecified atom stereocenters. The fourth-order valence-corrected chi connectivity index (χ4v) is 1.75. The van der Waals surface area contributed by atoms with E-state index in [0.717, 1.165) is 24.2 Å². The molecule has 13 heavy (non-hydrogen) atoms. The van der Waals surface area contributed by atoms with Gasteiger partial charge in [-0.1, -0.05) is 28.9 Å². The Bertz CT molecular complexity index is 343. The normalized spacial score (nSPS) is 10.4. The molecule has 0 N–H and O–H groups in total. The number of aryl methyl sites for hydroxylation is 1. The van der Waals surface area contributed by atoms with E-state index in [1.54, 1.807) is 0 Å². The topological polar surface area (TPSA) is 22.0 Å². The summed E-state index contributed by atoms with van der Waals surface area (Å²) >= 11 is 3.30. The van der Waals surface area contributed by atoms with Gasteiger partial charge in [0.15, 0.2) is 0 Å². The van der Waals surface area contributed by atoms with Gasteiger partial charge in [-0.3, -0.25) is 4.79 Å². The van der Waals surface area contributed by atoms with Crippen LogP contribution >= 0.6 is 15.9 Å². The lowest BCUT2D eigenvalue weighted by Crippen LogP contribution is -2.24. The van der Waals surface area contributed by atoms with Crippen molar-refractivity contribution >= 4 is 15.9 Å². The zero-order chi connectivity index (χ0) is 9.84. The van der Waals surface area contributed by atoms with Crippen molar-refractivity contribution in [1.82, 2.24) is 4.57 Å². The summed E-state index contributed by atoms with van der Waals surface area (Å²) in [6.07, 6.45) is 0.993. The van der Waals surface area contributed by atoms with Gasteiger partial charge in [0.1, 0.15) is 0 Å². The highest BCUT2D eigenvalue weighted by Crippen LogP contribution is 2.03. The molecule has 1 aromatic heterocycles. The SMILES string of the molecule is CCCn1c(C)ccc(CBr)c1=O. The van der Waals surface area contributed by atoms with Gasteiger partial charge >= 0.3 is 0 Å². The molecule has 0 aromatic carbocycles. The maximum atomic E-state index is 11.7. The van der Waals surface area contributed by atoms with Crippen molar-refractivity contribution in [1.29, 1.82) is 0 Å². The van der Waals surface area contributed by atoms with Crippen molar-refractivity contribution < 1.29 is 0 Å². The van der Waals surface area contributed by atoms with Crippen molar-refractivity contribution in [3.05, 3.63) is 33.7 Å². The van der Waals surface area contributed by atoms with Gasteiger partial charge in [0.25, 0.3) is 5.56 Å². The van der Waals surface area contributed by atoms with Crippen LogP contribution in [-0.2, 0) is 11.9 Å². The second-order valence-electron chi connectivity index (χ2n) is 3.09. The Balaban J connectivity index is 3.22. The summed E-state index contributed by atoms with van der Waals surface area (Å²) in [4.78, 5) is 11.7. The molecule has 0 saturated heterocycles. The summed E-state index contributed by atoms with van der Waals surface area (Å²) < 4.78 is 1.83. The van der Waals surface area contributed by atoms with Gasteiger partial charge in [0, 0.05) is 23.1 Å². The number of hydrogen-bond acceptors (Lipinski definition) is 1. The largest absolute Gasteiger partial charge is 0.313 e. The fraction of sp³-hybridized carbons (Fsp3) is 0.500. The summed E-state index contributed by atoms with van der Waals surface area (Å²) in [5.74, 6) is 0. The van der Waals surface area contributed by atoms with Crippen LogP contribution in [-0.4, -0.2) is 4.57 Å². The third kappa shape index (κ3) is 2.21. The van der Waals surface area contributed by atoms with E-state index in [0.29, 0.717) is 5.33 Å². The zero-order valence-corrected chi connectivity index (χ0v) is 9.60. The molecule has 0 amide bonds. The molecular weight excluding hydrogens is 230 g/mol. The average Bonchev–Trinajstić information content (AvgIpc) is 2.12. The van der Waals surface area contributed by atoms with Crippen LogP contribution in [0.25, 0.3) is 0 Å². The molecule has 0 aliphatic heterocycles. The van der Waals surface area contributed by atoms with Crippen LogP contribution in [0.5, 0.6) is 0 Å². The molecule has 2 nitrogen and oxygen atoms in total. The lowest BCUT2D eigenvalue weighted by molar-refractivity contribution is 0.631. The summed E-state index contributed by atoms with van der Waals surface area (Å²) in [6, 6.07) is 3.88. The van der Waals surface area contributed by atoms with E-state index in [9.17, 15) is 4.79 Å². The maximum Gasteiger partial charge on any atom is 0.254 e. The first-order valence-electron chi connectivity index (χ1n) is 4.46. The fourth-order valence-electron chi connectivity index (χ4n) is 1.32. The first-order chi connectivity index (χ1) is 6.20. The van der Waals surface area contributed by atoms with Crippen LogP contribution in [0.2, 0.25) is 0 Å². The predicted octanol–water partition coefficient (Wildman–Crippen LogP) is 2.46. The van der Waals surface area contributed by atoms with Crippen LogP contribution in [0.15, 0.2) is 16.9 Å². The van der Waals surface area contributed by atoms with Crippen molar-refractivity contribution in [2.45, 2.75) is 32.1 Å². The molecule has 1 heterocycles. The molecule has 1 rings (SSSR count). The highest BCUT2D eigenvalue weighted by atomic mass is 79.9. The van der Waals surface area contributed by atoms with Crippen LogP contribution in [0.1, 0.15) is 24.6 Å². The Morgan fingerprint density at radius 1 is 1.46 bits per heavy atom. The molecule has 0 atom stereocenters. The highest BCUT2D eigenvalue weighted by Gasteiger charge is 2.03. The molecule has 0 fully saturated rings. The third-order valence-corrected chi connectivity index (χ3v) is 2.67. The molecular formula is C10H14BrNO. The number of halogens is 1. The van der Waals surface area contributed by atoms with Gasteiger partial charge in [0.05, 0.1) is 0 Å². The van der Waals surface area contributed by atoms with E-state index in [2.05, 4.69) is 22.9 Å². The standard InChI is InChI=1S/C10H14BrNO/c1-3-6-12-8(2)4-5-9(7-11)10(12)13/h4-5H,3,6-7H2,1-2H3. The molecule has 0 saturated carbocycles. The molecule has 0 bridgehead atoms. The van der Waals surface area contributed by atoms with E-state index in [1.165, 1.54) is 0 Å². The van der Waals surface area contributed by atoms with Crippen molar-refractivity contribution in [3.63, 3.8) is 0 Å². The summed E-state index contributed by atoms with van der Waals surface area (Å²) in [6.45, 7) is 4.85. The molecule has 0 radical (unpaired) electrons. The number of nitrogens with zero attached hydrogens (tertiary/aromatic N) is 1.